The summed E-state index contributed by atoms with van der Waals surface area (Å²) in [5.41, 5.74) is 1.81. The molecule has 1 atom stereocenters. The summed E-state index contributed by atoms with van der Waals surface area (Å²) in [6.45, 7) is 10.6. The summed E-state index contributed by atoms with van der Waals surface area (Å²) in [6, 6.07) is 9.35. The molecule has 2 aliphatic heterocycles. The minimum Gasteiger partial charge on any atom is -0.399 e. The fourth-order valence-electron chi connectivity index (χ4n) is 3.43. The Labute approximate surface area is 147 Å². The van der Waals surface area contributed by atoms with Gasteiger partial charge in [0.1, 0.15) is 0 Å². The lowest BCUT2D eigenvalue weighted by molar-refractivity contribution is 0.00578. The van der Waals surface area contributed by atoms with Crippen molar-refractivity contribution in [1.82, 2.24) is 4.90 Å². The Bertz CT molecular complexity index is 555. The summed E-state index contributed by atoms with van der Waals surface area (Å²) in [7, 11) is 4.07. The highest BCUT2D eigenvalue weighted by atomic mass is 16.7. The Morgan fingerprint density at radius 2 is 1.62 bits per heavy atom. The second-order valence-corrected chi connectivity index (χ2v) is 8.39. The van der Waals surface area contributed by atoms with Gasteiger partial charge in [0.05, 0.1) is 11.2 Å². The lowest BCUT2D eigenvalue weighted by Crippen LogP contribution is -2.45. The third-order valence-electron chi connectivity index (χ3n) is 5.91. The molecule has 5 heteroatoms. The largest absolute Gasteiger partial charge is 0.494 e. The Hall–Kier alpha value is -1.04. The summed E-state index contributed by atoms with van der Waals surface area (Å²) in [4.78, 5) is 4.83. The van der Waals surface area contributed by atoms with Crippen molar-refractivity contribution >= 4 is 18.3 Å². The van der Waals surface area contributed by atoms with Gasteiger partial charge in [-0.1, -0.05) is 12.1 Å². The first-order valence-corrected chi connectivity index (χ1v) is 9.06. The van der Waals surface area contributed by atoms with Crippen molar-refractivity contribution in [2.45, 2.75) is 57.8 Å². The number of piperidine rings is 1. The standard InChI is InChI=1S/C19H31BN2O2/c1-18(2)19(3,4)24-20(23-18)15-9-11-16(12-10-15)22-13-7-8-17(14-22)21(5)6/h9-12,17H,7-8,13-14H2,1-6H3/t17-/m0/s1. The predicted octanol–water partition coefficient (Wildman–Crippen LogP) is 2.52. The van der Waals surface area contributed by atoms with Crippen LogP contribution in [0.15, 0.2) is 24.3 Å². The SMILES string of the molecule is CN(C)[C@H]1CCCN(c2ccc(B3OC(C)(C)C(C)(C)O3)cc2)C1. The first-order valence-electron chi connectivity index (χ1n) is 9.06. The molecule has 0 amide bonds. The van der Waals surface area contributed by atoms with Crippen molar-refractivity contribution in [3.63, 3.8) is 0 Å². The van der Waals surface area contributed by atoms with Gasteiger partial charge in [0, 0.05) is 24.8 Å². The van der Waals surface area contributed by atoms with Crippen LogP contribution in [0.2, 0.25) is 0 Å². The van der Waals surface area contributed by atoms with Crippen LogP contribution < -0.4 is 10.4 Å². The van der Waals surface area contributed by atoms with E-state index >= 15 is 0 Å². The van der Waals surface area contributed by atoms with Gasteiger partial charge in [0.15, 0.2) is 0 Å². The van der Waals surface area contributed by atoms with E-state index in [0.29, 0.717) is 6.04 Å². The lowest BCUT2D eigenvalue weighted by Gasteiger charge is -2.37. The molecule has 132 valence electrons. The topological polar surface area (TPSA) is 24.9 Å². The van der Waals surface area contributed by atoms with Gasteiger partial charge >= 0.3 is 7.12 Å². The normalized spacial score (nSPS) is 26.2. The van der Waals surface area contributed by atoms with Crippen LogP contribution in [0.3, 0.4) is 0 Å². The molecule has 1 aromatic rings. The van der Waals surface area contributed by atoms with Gasteiger partial charge in [-0.25, -0.2) is 0 Å². The molecule has 0 saturated carbocycles. The number of hydrogen-bond donors (Lipinski definition) is 0. The van der Waals surface area contributed by atoms with Gasteiger partial charge in [0.25, 0.3) is 0 Å². The summed E-state index contributed by atoms with van der Waals surface area (Å²) < 4.78 is 12.3. The highest BCUT2D eigenvalue weighted by Gasteiger charge is 2.51. The van der Waals surface area contributed by atoms with Gasteiger partial charge in [0.2, 0.25) is 0 Å². The van der Waals surface area contributed by atoms with Crippen molar-refractivity contribution in [2.24, 2.45) is 0 Å². The van der Waals surface area contributed by atoms with Gasteiger partial charge < -0.3 is 19.1 Å². The van der Waals surface area contributed by atoms with Crippen LogP contribution in [-0.4, -0.2) is 56.4 Å². The summed E-state index contributed by atoms with van der Waals surface area (Å²) >= 11 is 0. The molecule has 4 nitrogen and oxygen atoms in total. The van der Waals surface area contributed by atoms with Gasteiger partial charge in [-0.15, -0.1) is 0 Å². The zero-order valence-corrected chi connectivity index (χ0v) is 16.0. The summed E-state index contributed by atoms with van der Waals surface area (Å²) in [6.07, 6.45) is 2.54. The molecule has 0 radical (unpaired) electrons. The number of anilines is 1. The number of likely N-dealkylation sites (N-methyl/N-ethyl adjacent to an activating group) is 1. The van der Waals surface area contributed by atoms with E-state index in [1.54, 1.807) is 0 Å². The monoisotopic (exact) mass is 330 g/mol. The highest BCUT2D eigenvalue weighted by molar-refractivity contribution is 6.62. The fraction of sp³-hybridized carbons (Fsp3) is 0.684. The zero-order chi connectivity index (χ0) is 17.5. The van der Waals surface area contributed by atoms with Crippen molar-refractivity contribution in [2.75, 3.05) is 32.1 Å². The Kier molecular flexibility index (Phi) is 4.71. The number of rotatable bonds is 3. The molecule has 3 rings (SSSR count). The maximum atomic E-state index is 6.14. The Morgan fingerprint density at radius 3 is 2.17 bits per heavy atom. The number of benzene rings is 1. The molecule has 2 fully saturated rings. The third kappa shape index (κ3) is 3.35. The Morgan fingerprint density at radius 1 is 1.04 bits per heavy atom. The first kappa shape index (κ1) is 17.8. The average molecular weight is 330 g/mol. The van der Waals surface area contributed by atoms with E-state index in [4.69, 9.17) is 9.31 Å². The van der Waals surface area contributed by atoms with Crippen LogP contribution in [0.25, 0.3) is 0 Å². The molecule has 0 N–H and O–H groups in total. The van der Waals surface area contributed by atoms with E-state index < -0.39 is 0 Å². The van der Waals surface area contributed by atoms with Gasteiger partial charge in [-0.05, 0) is 72.2 Å². The molecule has 0 bridgehead atoms. The molecule has 24 heavy (non-hydrogen) atoms. The van der Waals surface area contributed by atoms with E-state index in [1.165, 1.54) is 18.5 Å². The van der Waals surface area contributed by atoms with E-state index in [2.05, 4.69) is 75.9 Å². The van der Waals surface area contributed by atoms with Gasteiger partial charge in [-0.2, -0.15) is 0 Å². The molecule has 2 aliphatic rings. The maximum Gasteiger partial charge on any atom is 0.494 e. The molecule has 0 spiro atoms. The second kappa shape index (κ2) is 6.36. The Balaban J connectivity index is 1.70. The minimum absolute atomic E-state index is 0.278. The number of nitrogens with zero attached hydrogens (tertiary/aromatic N) is 2. The molecule has 2 saturated heterocycles. The minimum atomic E-state index is -0.290. The summed E-state index contributed by atoms with van der Waals surface area (Å²) in [5, 5.41) is 0. The van der Waals surface area contributed by atoms with Crippen molar-refractivity contribution in [3.8, 4) is 0 Å². The third-order valence-corrected chi connectivity index (χ3v) is 5.91. The molecule has 0 unspecified atom stereocenters. The van der Waals surface area contributed by atoms with E-state index in [9.17, 15) is 0 Å². The van der Waals surface area contributed by atoms with Crippen LogP contribution in [0.4, 0.5) is 5.69 Å². The highest BCUT2D eigenvalue weighted by Crippen LogP contribution is 2.36. The smallest absolute Gasteiger partial charge is 0.399 e. The van der Waals surface area contributed by atoms with Crippen molar-refractivity contribution in [3.05, 3.63) is 24.3 Å². The molecular formula is C19H31BN2O2. The molecule has 1 aromatic carbocycles. The second-order valence-electron chi connectivity index (χ2n) is 8.39. The van der Waals surface area contributed by atoms with Crippen molar-refractivity contribution < 1.29 is 9.31 Å². The van der Waals surface area contributed by atoms with E-state index in [-0.39, 0.29) is 18.3 Å². The number of hydrogen-bond acceptors (Lipinski definition) is 4. The average Bonchev–Trinajstić information content (AvgIpc) is 2.76. The molecule has 0 aliphatic carbocycles. The predicted molar refractivity (Wildman–Crippen MR) is 101 cm³/mol. The van der Waals surface area contributed by atoms with E-state index in [1.807, 2.05) is 0 Å². The maximum absolute atomic E-state index is 6.14. The quantitative estimate of drug-likeness (QED) is 0.795. The lowest BCUT2D eigenvalue weighted by atomic mass is 9.79. The zero-order valence-electron chi connectivity index (χ0n) is 16.0. The first-order chi connectivity index (χ1) is 11.2. The molecular weight excluding hydrogens is 299 g/mol. The van der Waals surface area contributed by atoms with Crippen LogP contribution in [0.5, 0.6) is 0 Å². The van der Waals surface area contributed by atoms with Crippen LogP contribution >= 0.6 is 0 Å². The fourth-order valence-corrected chi connectivity index (χ4v) is 3.43. The van der Waals surface area contributed by atoms with Crippen LogP contribution in [0, 0.1) is 0 Å². The van der Waals surface area contributed by atoms with E-state index in [0.717, 1.165) is 18.6 Å². The van der Waals surface area contributed by atoms with Crippen LogP contribution in [-0.2, 0) is 9.31 Å². The van der Waals surface area contributed by atoms with Crippen LogP contribution in [0.1, 0.15) is 40.5 Å². The summed E-state index contributed by atoms with van der Waals surface area (Å²) in [5.74, 6) is 0. The molecule has 0 aromatic heterocycles. The van der Waals surface area contributed by atoms with Crippen molar-refractivity contribution in [1.29, 1.82) is 0 Å². The molecule has 2 heterocycles. The van der Waals surface area contributed by atoms with Gasteiger partial charge in [-0.3, -0.25) is 0 Å².